The number of hydrogen-bond acceptors (Lipinski definition) is 3. The average molecular weight is 567 g/mol. The lowest BCUT2D eigenvalue weighted by Crippen LogP contribution is -1.95. The van der Waals surface area contributed by atoms with E-state index in [1.165, 1.54) is 32.3 Å². The first-order chi connectivity index (χ1) is 21.3. The predicted molar refractivity (Wildman–Crippen MR) is 182 cm³/mol. The number of rotatable bonds is 5. The molecule has 6 aromatic carbocycles. The summed E-state index contributed by atoms with van der Waals surface area (Å²) in [5.74, 6) is 0.731. The molecular weight excluding hydrogens is 541 g/mol. The Kier molecular flexibility index (Phi) is 6.36. The van der Waals surface area contributed by atoms with Crippen molar-refractivity contribution in [2.24, 2.45) is 0 Å². The molecule has 0 unspecified atom stereocenters. The second-order valence-corrected chi connectivity index (χ2v) is 11.7. The number of hydrogen-bond donors (Lipinski definition) is 0. The summed E-state index contributed by atoms with van der Waals surface area (Å²) >= 11 is 1.73. The van der Waals surface area contributed by atoms with Gasteiger partial charge in [0, 0.05) is 26.6 Å². The smallest absolute Gasteiger partial charge is 0.161 e. The molecule has 3 heteroatoms. The number of nitrogens with zero attached hydrogens (tertiary/aromatic N) is 2. The van der Waals surface area contributed by atoms with Gasteiger partial charge in [-0.2, -0.15) is 0 Å². The Balaban J connectivity index is 1.39. The Bertz CT molecular complexity index is 2160. The van der Waals surface area contributed by atoms with E-state index in [1.807, 2.05) is 0 Å². The second-order valence-electron chi connectivity index (χ2n) is 10.7. The number of fused-ring (bicyclic) bond motifs is 3. The lowest BCUT2D eigenvalue weighted by molar-refractivity contribution is 1.24. The van der Waals surface area contributed by atoms with Gasteiger partial charge in [0.2, 0.25) is 0 Å². The van der Waals surface area contributed by atoms with Crippen LogP contribution in [0, 0.1) is 0 Å². The molecule has 0 aliphatic rings. The van der Waals surface area contributed by atoms with E-state index in [0.717, 1.165) is 44.0 Å². The fourth-order valence-corrected chi connectivity index (χ4v) is 6.86. The van der Waals surface area contributed by atoms with Gasteiger partial charge in [-0.25, -0.2) is 9.97 Å². The van der Waals surface area contributed by atoms with Crippen molar-refractivity contribution in [2.45, 2.75) is 0 Å². The van der Waals surface area contributed by atoms with Crippen molar-refractivity contribution in [3.63, 3.8) is 0 Å². The molecule has 2 nitrogen and oxygen atoms in total. The largest absolute Gasteiger partial charge is 0.227 e. The molecule has 0 amide bonds. The lowest BCUT2D eigenvalue weighted by Gasteiger charge is -2.12. The highest BCUT2D eigenvalue weighted by atomic mass is 32.1. The maximum atomic E-state index is 5.36. The summed E-state index contributed by atoms with van der Waals surface area (Å²) in [4.78, 5) is 11.6. The second kappa shape index (κ2) is 10.8. The Hall–Kier alpha value is -5.38. The fraction of sp³-hybridized carbons (Fsp3) is 0. The third-order valence-corrected chi connectivity index (χ3v) is 8.95. The normalized spacial score (nSPS) is 11.3. The SMILES string of the molecule is c1ccc(-c2cc(-c3ccccc3)cc(-c3nc(-c4cccc(-c5ccccc5)c4)c4c(n3)sc3ccccc34)c2)cc1. The molecule has 0 spiro atoms. The molecule has 0 N–H and O–H groups in total. The minimum Gasteiger partial charge on any atom is -0.227 e. The molecule has 8 aromatic rings. The van der Waals surface area contributed by atoms with Crippen molar-refractivity contribution in [1.29, 1.82) is 0 Å². The lowest BCUT2D eigenvalue weighted by atomic mass is 9.95. The van der Waals surface area contributed by atoms with Gasteiger partial charge in [-0.3, -0.25) is 0 Å². The summed E-state index contributed by atoms with van der Waals surface area (Å²) < 4.78 is 1.22. The molecule has 0 aliphatic heterocycles. The van der Waals surface area contributed by atoms with Gasteiger partial charge >= 0.3 is 0 Å². The Morgan fingerprint density at radius 3 is 1.51 bits per heavy atom. The quantitative estimate of drug-likeness (QED) is 0.207. The van der Waals surface area contributed by atoms with Crippen LogP contribution in [0.1, 0.15) is 0 Å². The van der Waals surface area contributed by atoms with Gasteiger partial charge < -0.3 is 0 Å². The Morgan fingerprint density at radius 1 is 0.372 bits per heavy atom. The highest BCUT2D eigenvalue weighted by Crippen LogP contribution is 2.41. The van der Waals surface area contributed by atoms with Gasteiger partial charge in [0.05, 0.1) is 5.69 Å². The van der Waals surface area contributed by atoms with Gasteiger partial charge in [0.25, 0.3) is 0 Å². The maximum absolute atomic E-state index is 5.36. The number of thiophene rings is 1. The van der Waals surface area contributed by atoms with E-state index in [2.05, 4.69) is 158 Å². The van der Waals surface area contributed by atoms with Crippen LogP contribution in [0.15, 0.2) is 158 Å². The molecular formula is C40H26N2S. The molecule has 2 heterocycles. The first kappa shape index (κ1) is 25.3. The van der Waals surface area contributed by atoms with Gasteiger partial charge in [-0.05, 0) is 63.7 Å². The topological polar surface area (TPSA) is 25.8 Å². The zero-order valence-corrected chi connectivity index (χ0v) is 24.1. The third kappa shape index (κ3) is 4.80. The van der Waals surface area contributed by atoms with Crippen molar-refractivity contribution in [3.05, 3.63) is 158 Å². The van der Waals surface area contributed by atoms with Crippen LogP contribution in [0.2, 0.25) is 0 Å². The molecule has 0 atom stereocenters. The molecule has 0 saturated heterocycles. The standard InChI is InChI=1S/C40H26N2S/c1-4-13-27(14-5-1)30-19-12-20-31(23-30)38-37-35-21-10-11-22-36(35)43-40(37)42-39(41-38)34-25-32(28-15-6-2-7-16-28)24-33(26-34)29-17-8-3-9-18-29/h1-26H. The molecule has 0 bridgehead atoms. The van der Waals surface area contributed by atoms with Crippen LogP contribution in [-0.4, -0.2) is 9.97 Å². The van der Waals surface area contributed by atoms with E-state index in [4.69, 9.17) is 9.97 Å². The maximum Gasteiger partial charge on any atom is 0.161 e. The Labute approximate surface area is 254 Å². The first-order valence-electron chi connectivity index (χ1n) is 14.4. The number of aromatic nitrogens is 2. The van der Waals surface area contributed by atoms with Crippen LogP contribution < -0.4 is 0 Å². The van der Waals surface area contributed by atoms with Crippen molar-refractivity contribution in [3.8, 4) is 56.0 Å². The molecule has 0 fully saturated rings. The number of benzene rings is 6. The highest BCUT2D eigenvalue weighted by Gasteiger charge is 2.18. The van der Waals surface area contributed by atoms with Crippen LogP contribution in [0.3, 0.4) is 0 Å². The monoisotopic (exact) mass is 566 g/mol. The van der Waals surface area contributed by atoms with Gasteiger partial charge in [0.15, 0.2) is 5.82 Å². The molecule has 0 saturated carbocycles. The summed E-state index contributed by atoms with van der Waals surface area (Å²) in [5.41, 5.74) is 10.0. The van der Waals surface area contributed by atoms with Crippen LogP contribution in [0.5, 0.6) is 0 Å². The molecule has 43 heavy (non-hydrogen) atoms. The molecule has 0 aliphatic carbocycles. The summed E-state index contributed by atoms with van der Waals surface area (Å²) in [7, 11) is 0. The Morgan fingerprint density at radius 2 is 0.860 bits per heavy atom. The van der Waals surface area contributed by atoms with E-state index in [-0.39, 0.29) is 0 Å². The fourth-order valence-electron chi connectivity index (χ4n) is 5.79. The van der Waals surface area contributed by atoms with Crippen molar-refractivity contribution in [2.75, 3.05) is 0 Å². The summed E-state index contributed by atoms with van der Waals surface area (Å²) in [6, 6.07) is 55.6. The zero-order valence-electron chi connectivity index (χ0n) is 23.3. The molecule has 2 aromatic heterocycles. The van der Waals surface area contributed by atoms with Crippen molar-refractivity contribution in [1.82, 2.24) is 9.97 Å². The zero-order chi connectivity index (χ0) is 28.6. The predicted octanol–water partition coefficient (Wildman–Crippen LogP) is 11.2. The van der Waals surface area contributed by atoms with Crippen molar-refractivity contribution >= 4 is 31.6 Å². The summed E-state index contributed by atoms with van der Waals surface area (Å²) in [6.07, 6.45) is 0. The van der Waals surface area contributed by atoms with E-state index in [0.29, 0.717) is 0 Å². The van der Waals surface area contributed by atoms with E-state index >= 15 is 0 Å². The third-order valence-electron chi connectivity index (χ3n) is 7.89. The van der Waals surface area contributed by atoms with E-state index < -0.39 is 0 Å². The minimum absolute atomic E-state index is 0.731. The van der Waals surface area contributed by atoms with Crippen LogP contribution in [-0.2, 0) is 0 Å². The highest BCUT2D eigenvalue weighted by molar-refractivity contribution is 7.25. The van der Waals surface area contributed by atoms with Crippen LogP contribution >= 0.6 is 11.3 Å². The summed E-state index contributed by atoms with van der Waals surface area (Å²) in [5, 5.41) is 2.30. The van der Waals surface area contributed by atoms with E-state index in [1.54, 1.807) is 11.3 Å². The molecule has 8 rings (SSSR count). The van der Waals surface area contributed by atoms with Crippen molar-refractivity contribution < 1.29 is 0 Å². The minimum atomic E-state index is 0.731. The van der Waals surface area contributed by atoms with Gasteiger partial charge in [0.1, 0.15) is 4.83 Å². The van der Waals surface area contributed by atoms with Gasteiger partial charge in [-0.1, -0.05) is 127 Å². The van der Waals surface area contributed by atoms with Crippen LogP contribution in [0.4, 0.5) is 0 Å². The van der Waals surface area contributed by atoms with Crippen LogP contribution in [0.25, 0.3) is 76.3 Å². The molecule has 0 radical (unpaired) electrons. The van der Waals surface area contributed by atoms with Gasteiger partial charge in [-0.15, -0.1) is 11.3 Å². The molecule has 202 valence electrons. The van der Waals surface area contributed by atoms with E-state index in [9.17, 15) is 0 Å². The summed E-state index contributed by atoms with van der Waals surface area (Å²) in [6.45, 7) is 0. The average Bonchev–Trinajstić information content (AvgIpc) is 3.47. The first-order valence-corrected chi connectivity index (χ1v) is 15.2.